The van der Waals surface area contributed by atoms with Crippen LogP contribution in [0.1, 0.15) is 41.6 Å². The molecule has 2 amide bonds. The highest BCUT2D eigenvalue weighted by Gasteiger charge is 2.54. The largest absolute Gasteiger partial charge is 0.340 e. The Hall–Kier alpha value is -3.15. The number of benzene rings is 1. The van der Waals surface area contributed by atoms with Gasteiger partial charge in [0.25, 0.3) is 5.91 Å². The van der Waals surface area contributed by atoms with Crippen LogP contribution in [-0.2, 0) is 25.4 Å². The number of pyridine rings is 1. The lowest BCUT2D eigenvalue weighted by Crippen LogP contribution is -2.52. The molecule has 0 saturated carbocycles. The smallest absolute Gasteiger partial charge is 0.262 e. The number of likely N-dealkylation sites (tertiary alicyclic amines) is 1. The van der Waals surface area contributed by atoms with Crippen molar-refractivity contribution in [3.63, 3.8) is 0 Å². The minimum absolute atomic E-state index is 0.258. The Morgan fingerprint density at radius 1 is 1.19 bits per heavy atom. The lowest BCUT2D eigenvalue weighted by atomic mass is 10.1. The second kappa shape index (κ2) is 10.3. The van der Waals surface area contributed by atoms with E-state index in [1.165, 1.54) is 26.7 Å². The number of hydrogen-bond donors (Lipinski definition) is 1. The van der Waals surface area contributed by atoms with Crippen molar-refractivity contribution >= 4 is 49.0 Å². The highest BCUT2D eigenvalue weighted by atomic mass is 32.2. The van der Waals surface area contributed by atoms with Gasteiger partial charge in [-0.2, -0.15) is 4.31 Å². The summed E-state index contributed by atoms with van der Waals surface area (Å²) in [4.78, 5) is 45.7. The van der Waals surface area contributed by atoms with Crippen molar-refractivity contribution in [1.82, 2.24) is 19.5 Å². The zero-order valence-electron chi connectivity index (χ0n) is 20.4. The zero-order valence-corrected chi connectivity index (χ0v) is 22.0. The van der Waals surface area contributed by atoms with Crippen molar-refractivity contribution < 1.29 is 22.8 Å². The first-order valence-corrected chi connectivity index (χ1v) is 14.7. The molecule has 194 valence electrons. The maximum absolute atomic E-state index is 13.6. The van der Waals surface area contributed by atoms with E-state index in [1.807, 2.05) is 31.2 Å². The van der Waals surface area contributed by atoms with E-state index >= 15 is 0 Å². The Bertz CT molecular complexity index is 1410. The molecule has 2 aliphatic heterocycles. The van der Waals surface area contributed by atoms with E-state index in [4.69, 9.17) is 0 Å². The summed E-state index contributed by atoms with van der Waals surface area (Å²) in [6, 6.07) is 12.3. The van der Waals surface area contributed by atoms with Gasteiger partial charge in [0.1, 0.15) is 17.8 Å². The quantitative estimate of drug-likeness (QED) is 0.470. The van der Waals surface area contributed by atoms with Gasteiger partial charge >= 0.3 is 0 Å². The van der Waals surface area contributed by atoms with Gasteiger partial charge in [0.15, 0.2) is 5.78 Å². The minimum atomic E-state index is -3.80. The van der Waals surface area contributed by atoms with Crippen LogP contribution in [-0.4, -0.2) is 71.4 Å². The van der Waals surface area contributed by atoms with Crippen LogP contribution < -0.4 is 5.32 Å². The number of nitrogens with one attached hydrogen (secondary N) is 1. The molecule has 2 saturated heterocycles. The van der Waals surface area contributed by atoms with E-state index in [2.05, 4.69) is 10.3 Å². The maximum atomic E-state index is 13.6. The Balaban J connectivity index is 1.31. The van der Waals surface area contributed by atoms with Gasteiger partial charge in [-0.1, -0.05) is 37.6 Å². The molecule has 3 aromatic rings. The van der Waals surface area contributed by atoms with Crippen LogP contribution in [0.4, 0.5) is 0 Å². The monoisotopic (exact) mass is 540 g/mol. The van der Waals surface area contributed by atoms with Gasteiger partial charge in [0.2, 0.25) is 15.9 Å². The fourth-order valence-corrected chi connectivity index (χ4v) is 7.84. The van der Waals surface area contributed by atoms with Crippen LogP contribution in [0.25, 0.3) is 10.1 Å². The minimum Gasteiger partial charge on any atom is -0.340 e. The summed E-state index contributed by atoms with van der Waals surface area (Å²) < 4.78 is 28.5. The number of ketones is 1. The molecule has 37 heavy (non-hydrogen) atoms. The number of fused-ring (bicyclic) bond motifs is 2. The first-order valence-electron chi connectivity index (χ1n) is 12.3. The number of sulfonamides is 1. The van der Waals surface area contributed by atoms with E-state index in [0.717, 1.165) is 10.1 Å². The maximum Gasteiger partial charge on any atom is 0.262 e. The molecule has 0 spiro atoms. The Morgan fingerprint density at radius 3 is 2.70 bits per heavy atom. The van der Waals surface area contributed by atoms with Crippen LogP contribution in [0.2, 0.25) is 0 Å². The van der Waals surface area contributed by atoms with E-state index < -0.39 is 28.1 Å². The molecule has 0 aliphatic carbocycles. The van der Waals surface area contributed by atoms with Gasteiger partial charge in [-0.3, -0.25) is 19.4 Å². The highest BCUT2D eigenvalue weighted by molar-refractivity contribution is 7.88. The standard InChI is InChI=1S/C26H28N4O5S2/c1-2-7-19(28-25(32)23-14-17-8-3-4-10-22(17)36-23)26(33)29-13-11-20-24(29)21(31)15-30(20)37(34,35)16-18-9-5-6-12-27-18/h3-6,8-10,12,14,19-20,24H,2,7,11,13,15-16H2,1H3,(H,28,32). The molecule has 1 aromatic carbocycles. The zero-order chi connectivity index (χ0) is 26.2. The molecule has 5 rings (SSSR count). The molecule has 0 bridgehead atoms. The second-order valence-corrected chi connectivity index (χ2v) is 12.4. The normalized spacial score (nSPS) is 20.8. The number of carbonyl (C=O) groups is 3. The predicted octanol–water partition coefficient (Wildman–Crippen LogP) is 2.58. The summed E-state index contributed by atoms with van der Waals surface area (Å²) in [5.41, 5.74) is 0.399. The molecule has 1 N–H and O–H groups in total. The Labute approximate surface area is 219 Å². The number of amides is 2. The summed E-state index contributed by atoms with van der Waals surface area (Å²) in [6.07, 6.45) is 2.97. The van der Waals surface area contributed by atoms with Crippen molar-refractivity contribution in [2.24, 2.45) is 0 Å². The molecule has 3 atom stereocenters. The molecule has 2 aliphatic rings. The molecule has 0 radical (unpaired) electrons. The molecule has 4 heterocycles. The third-order valence-corrected chi connectivity index (χ3v) is 9.79. The van der Waals surface area contributed by atoms with Gasteiger partial charge in [-0.25, -0.2) is 8.42 Å². The summed E-state index contributed by atoms with van der Waals surface area (Å²) in [5, 5.41) is 3.83. The van der Waals surface area contributed by atoms with Gasteiger partial charge < -0.3 is 10.2 Å². The van der Waals surface area contributed by atoms with Gasteiger partial charge in [-0.15, -0.1) is 11.3 Å². The van der Waals surface area contributed by atoms with Crippen molar-refractivity contribution in [2.75, 3.05) is 13.1 Å². The van der Waals surface area contributed by atoms with Crippen LogP contribution in [0.15, 0.2) is 54.7 Å². The molecule has 9 nitrogen and oxygen atoms in total. The summed E-state index contributed by atoms with van der Waals surface area (Å²) >= 11 is 1.36. The van der Waals surface area contributed by atoms with Crippen LogP contribution in [0.3, 0.4) is 0 Å². The van der Waals surface area contributed by atoms with Crippen LogP contribution in [0, 0.1) is 0 Å². The van der Waals surface area contributed by atoms with Gasteiger partial charge in [0.05, 0.1) is 23.2 Å². The number of thiophene rings is 1. The summed E-state index contributed by atoms with van der Waals surface area (Å²) in [7, 11) is -3.80. The number of carbonyl (C=O) groups excluding carboxylic acids is 3. The topological polar surface area (TPSA) is 117 Å². The first-order chi connectivity index (χ1) is 17.8. The molecule has 2 fully saturated rings. The van der Waals surface area contributed by atoms with Gasteiger partial charge in [-0.05, 0) is 42.5 Å². The molecular formula is C26H28N4O5S2. The van der Waals surface area contributed by atoms with Gasteiger partial charge in [0, 0.05) is 17.4 Å². The number of nitrogens with zero attached hydrogens (tertiary/aromatic N) is 3. The summed E-state index contributed by atoms with van der Waals surface area (Å²) in [6.45, 7) is 1.92. The second-order valence-electron chi connectivity index (χ2n) is 9.38. The number of Topliss-reactive ketones (excluding diaryl/α,β-unsaturated/α-hetero) is 1. The van der Waals surface area contributed by atoms with E-state index in [1.54, 1.807) is 24.3 Å². The fourth-order valence-electron chi connectivity index (χ4n) is 5.20. The first kappa shape index (κ1) is 25.5. The Morgan fingerprint density at radius 2 is 1.97 bits per heavy atom. The van der Waals surface area contributed by atoms with Crippen molar-refractivity contribution in [3.05, 3.63) is 65.3 Å². The average molecular weight is 541 g/mol. The number of aromatic nitrogens is 1. The van der Waals surface area contributed by atoms with E-state index in [9.17, 15) is 22.8 Å². The molecular weight excluding hydrogens is 512 g/mol. The van der Waals surface area contributed by atoms with Crippen molar-refractivity contribution in [2.45, 2.75) is 50.1 Å². The van der Waals surface area contributed by atoms with Crippen LogP contribution >= 0.6 is 11.3 Å². The van der Waals surface area contributed by atoms with Crippen LogP contribution in [0.5, 0.6) is 0 Å². The third kappa shape index (κ3) is 5.03. The average Bonchev–Trinajstić information content (AvgIpc) is 3.59. The lowest BCUT2D eigenvalue weighted by molar-refractivity contribution is -0.138. The van der Waals surface area contributed by atoms with E-state index in [0.29, 0.717) is 29.8 Å². The predicted molar refractivity (Wildman–Crippen MR) is 140 cm³/mol. The molecule has 2 aromatic heterocycles. The van der Waals surface area contributed by atoms with Crippen molar-refractivity contribution in [1.29, 1.82) is 0 Å². The lowest BCUT2D eigenvalue weighted by Gasteiger charge is -2.28. The molecule has 11 heteroatoms. The summed E-state index contributed by atoms with van der Waals surface area (Å²) in [5.74, 6) is -1.28. The molecule has 3 unspecified atom stereocenters. The number of rotatable bonds is 8. The fraction of sp³-hybridized carbons (Fsp3) is 0.385. The van der Waals surface area contributed by atoms with E-state index in [-0.39, 0.29) is 36.4 Å². The number of hydrogen-bond acceptors (Lipinski definition) is 7. The third-order valence-electron chi connectivity index (χ3n) is 6.90. The Kier molecular flexibility index (Phi) is 7.11. The highest BCUT2D eigenvalue weighted by Crippen LogP contribution is 2.33. The SMILES string of the molecule is CCCC(NC(=O)c1cc2ccccc2s1)C(=O)N1CCC2C1C(=O)CN2S(=O)(=O)Cc1ccccn1. The van der Waals surface area contributed by atoms with Crippen molar-refractivity contribution in [3.8, 4) is 0 Å².